The number of rotatable bonds is 7. The number of nitrogens with zero attached hydrogens (tertiary/aromatic N) is 2. The fourth-order valence-corrected chi connectivity index (χ4v) is 2.94. The zero-order valence-corrected chi connectivity index (χ0v) is 16.0. The van der Waals surface area contributed by atoms with Gasteiger partial charge in [-0.25, -0.2) is 4.68 Å². The van der Waals surface area contributed by atoms with Crippen molar-refractivity contribution in [1.82, 2.24) is 15.1 Å². The van der Waals surface area contributed by atoms with Crippen molar-refractivity contribution in [3.8, 4) is 5.75 Å². The van der Waals surface area contributed by atoms with Crippen LogP contribution in [0.2, 0.25) is 0 Å². The number of methoxy groups -OCH3 is 1. The van der Waals surface area contributed by atoms with Crippen molar-refractivity contribution in [2.75, 3.05) is 13.7 Å². The molecule has 28 heavy (non-hydrogen) atoms. The number of nitrogens with one attached hydrogen (secondary N) is 1. The van der Waals surface area contributed by atoms with E-state index in [1.165, 1.54) is 16.8 Å². The molecular formula is C22H23N3O3. The second-order valence-electron chi connectivity index (χ2n) is 6.52. The van der Waals surface area contributed by atoms with Crippen LogP contribution in [0.5, 0.6) is 5.75 Å². The number of carbonyl (C=O) groups is 1. The van der Waals surface area contributed by atoms with Crippen LogP contribution in [0.15, 0.2) is 65.5 Å². The van der Waals surface area contributed by atoms with Crippen LogP contribution in [0.1, 0.15) is 27.2 Å². The van der Waals surface area contributed by atoms with Gasteiger partial charge in [0.2, 0.25) is 0 Å². The molecule has 0 fully saturated rings. The molecule has 0 unspecified atom stereocenters. The molecule has 0 saturated carbocycles. The van der Waals surface area contributed by atoms with Gasteiger partial charge in [0.25, 0.3) is 11.5 Å². The maximum Gasteiger partial charge on any atom is 0.271 e. The molecule has 3 aromatic rings. The summed E-state index contributed by atoms with van der Waals surface area (Å²) in [6.07, 6.45) is 0.639. The molecule has 0 aliphatic carbocycles. The lowest BCUT2D eigenvalue weighted by Crippen LogP contribution is -2.31. The van der Waals surface area contributed by atoms with Gasteiger partial charge in [0.1, 0.15) is 11.4 Å². The highest BCUT2D eigenvalue weighted by Crippen LogP contribution is 2.19. The van der Waals surface area contributed by atoms with Crippen molar-refractivity contribution in [3.05, 3.63) is 93.4 Å². The third-order valence-corrected chi connectivity index (χ3v) is 4.39. The van der Waals surface area contributed by atoms with Gasteiger partial charge in [-0.15, -0.1) is 0 Å². The largest absolute Gasteiger partial charge is 0.496 e. The Hall–Kier alpha value is -3.41. The van der Waals surface area contributed by atoms with Crippen molar-refractivity contribution in [3.63, 3.8) is 0 Å². The Bertz CT molecular complexity index is 1010. The first kappa shape index (κ1) is 19.4. The first-order valence-electron chi connectivity index (χ1n) is 9.10. The molecule has 3 rings (SSSR count). The molecule has 1 heterocycles. The Morgan fingerprint density at radius 1 is 1.11 bits per heavy atom. The molecule has 1 amide bonds. The average Bonchev–Trinajstić information content (AvgIpc) is 2.70. The number of hydrogen-bond acceptors (Lipinski definition) is 4. The molecule has 0 saturated heterocycles. The lowest BCUT2D eigenvalue weighted by atomic mass is 10.1. The summed E-state index contributed by atoms with van der Waals surface area (Å²) in [5, 5.41) is 7.06. The quantitative estimate of drug-likeness (QED) is 0.687. The molecule has 1 N–H and O–H groups in total. The summed E-state index contributed by atoms with van der Waals surface area (Å²) < 4.78 is 6.66. The smallest absolute Gasteiger partial charge is 0.271 e. The predicted molar refractivity (Wildman–Crippen MR) is 108 cm³/mol. The first-order chi connectivity index (χ1) is 13.6. The van der Waals surface area contributed by atoms with E-state index in [4.69, 9.17) is 4.74 Å². The molecular weight excluding hydrogens is 354 g/mol. The maximum atomic E-state index is 12.5. The molecule has 6 nitrogen and oxygen atoms in total. The Labute approximate surface area is 163 Å². The minimum atomic E-state index is -0.312. The van der Waals surface area contributed by atoms with Gasteiger partial charge in [-0.3, -0.25) is 9.59 Å². The van der Waals surface area contributed by atoms with E-state index < -0.39 is 0 Å². The summed E-state index contributed by atoms with van der Waals surface area (Å²) in [7, 11) is 1.63. The summed E-state index contributed by atoms with van der Waals surface area (Å²) in [6.45, 7) is 2.78. The highest BCUT2D eigenvalue weighted by Gasteiger charge is 2.10. The highest BCUT2D eigenvalue weighted by molar-refractivity contribution is 5.91. The third kappa shape index (κ3) is 4.85. The van der Waals surface area contributed by atoms with Crippen molar-refractivity contribution in [2.24, 2.45) is 0 Å². The van der Waals surface area contributed by atoms with E-state index in [2.05, 4.69) is 10.4 Å². The van der Waals surface area contributed by atoms with E-state index in [0.717, 1.165) is 22.4 Å². The van der Waals surface area contributed by atoms with Gasteiger partial charge in [-0.05, 0) is 36.6 Å². The summed E-state index contributed by atoms with van der Waals surface area (Å²) in [4.78, 5) is 24.5. The second kappa shape index (κ2) is 8.99. The van der Waals surface area contributed by atoms with Crippen LogP contribution < -0.4 is 15.6 Å². The molecule has 0 radical (unpaired) electrons. The topological polar surface area (TPSA) is 73.2 Å². The predicted octanol–water partition coefficient (Wildman–Crippen LogP) is 2.58. The zero-order valence-electron chi connectivity index (χ0n) is 16.0. The number of benzene rings is 2. The van der Waals surface area contributed by atoms with E-state index in [1.54, 1.807) is 7.11 Å². The van der Waals surface area contributed by atoms with Crippen LogP contribution >= 0.6 is 0 Å². The van der Waals surface area contributed by atoms with Gasteiger partial charge in [0.15, 0.2) is 0 Å². The molecule has 2 aromatic carbocycles. The van der Waals surface area contributed by atoms with Crippen LogP contribution in [0.4, 0.5) is 0 Å². The number of aryl methyl sites for hydroxylation is 1. The van der Waals surface area contributed by atoms with Crippen LogP contribution in [-0.2, 0) is 13.0 Å². The Balaban J connectivity index is 1.65. The molecule has 0 aliphatic heterocycles. The minimum Gasteiger partial charge on any atom is -0.496 e. The summed E-state index contributed by atoms with van der Waals surface area (Å²) in [5.41, 5.74) is 3.08. The molecule has 0 aliphatic rings. The molecule has 1 aromatic heterocycles. The highest BCUT2D eigenvalue weighted by atomic mass is 16.5. The number of hydrogen-bond donors (Lipinski definition) is 1. The summed E-state index contributed by atoms with van der Waals surface area (Å²) in [5.74, 6) is 0.489. The van der Waals surface area contributed by atoms with Crippen LogP contribution in [0.25, 0.3) is 0 Å². The van der Waals surface area contributed by atoms with Crippen LogP contribution in [0, 0.1) is 6.92 Å². The molecule has 0 bridgehead atoms. The average molecular weight is 377 g/mol. The lowest BCUT2D eigenvalue weighted by molar-refractivity contribution is 0.0946. The normalized spacial score (nSPS) is 10.5. The van der Waals surface area contributed by atoms with Gasteiger partial charge >= 0.3 is 0 Å². The van der Waals surface area contributed by atoms with Gasteiger partial charge in [0, 0.05) is 12.6 Å². The van der Waals surface area contributed by atoms with E-state index >= 15 is 0 Å². The summed E-state index contributed by atoms with van der Waals surface area (Å²) in [6, 6.07) is 18.3. The number of ether oxygens (including phenoxy) is 1. The van der Waals surface area contributed by atoms with Crippen molar-refractivity contribution in [1.29, 1.82) is 0 Å². The molecule has 6 heteroatoms. The van der Waals surface area contributed by atoms with Gasteiger partial charge < -0.3 is 10.1 Å². The maximum absolute atomic E-state index is 12.5. The zero-order chi connectivity index (χ0) is 19.9. The lowest BCUT2D eigenvalue weighted by Gasteiger charge is -2.11. The minimum absolute atomic E-state index is 0.215. The SMILES string of the molecule is COc1ccc(C)cc1CCNC(=O)c1ccc(=O)n(Cc2ccccc2)n1. The number of aromatic nitrogens is 2. The van der Waals surface area contributed by atoms with Crippen molar-refractivity contribution in [2.45, 2.75) is 19.9 Å². The van der Waals surface area contributed by atoms with E-state index in [0.29, 0.717) is 19.5 Å². The van der Waals surface area contributed by atoms with E-state index in [9.17, 15) is 9.59 Å². The third-order valence-electron chi connectivity index (χ3n) is 4.39. The fourth-order valence-electron chi connectivity index (χ4n) is 2.94. The van der Waals surface area contributed by atoms with Crippen molar-refractivity contribution < 1.29 is 9.53 Å². The molecule has 0 spiro atoms. The Morgan fingerprint density at radius 3 is 2.64 bits per heavy atom. The Kier molecular flexibility index (Phi) is 6.22. The number of amides is 1. The standard InChI is InChI=1S/C22H23N3O3/c1-16-8-10-20(28-2)18(14-16)12-13-23-22(27)19-9-11-21(26)25(24-19)15-17-6-4-3-5-7-17/h3-11,14H,12-13,15H2,1-2H3,(H,23,27). The first-order valence-corrected chi connectivity index (χ1v) is 9.10. The van der Waals surface area contributed by atoms with Gasteiger partial charge in [-0.2, -0.15) is 5.10 Å². The van der Waals surface area contributed by atoms with E-state index in [1.807, 2.05) is 55.5 Å². The monoisotopic (exact) mass is 377 g/mol. The molecule has 144 valence electrons. The van der Waals surface area contributed by atoms with Gasteiger partial charge in [0.05, 0.1) is 13.7 Å². The van der Waals surface area contributed by atoms with Gasteiger partial charge in [-0.1, -0.05) is 48.0 Å². The fraction of sp³-hybridized carbons (Fsp3) is 0.227. The van der Waals surface area contributed by atoms with Crippen LogP contribution in [-0.4, -0.2) is 29.3 Å². The van der Waals surface area contributed by atoms with Crippen LogP contribution in [0.3, 0.4) is 0 Å². The van der Waals surface area contributed by atoms with Crippen molar-refractivity contribution >= 4 is 5.91 Å². The summed E-state index contributed by atoms with van der Waals surface area (Å²) >= 11 is 0. The van der Waals surface area contributed by atoms with E-state index in [-0.39, 0.29) is 17.2 Å². The second-order valence-corrected chi connectivity index (χ2v) is 6.52. The Morgan fingerprint density at radius 2 is 1.89 bits per heavy atom. The number of carbonyl (C=O) groups excluding carboxylic acids is 1. The molecule has 0 atom stereocenters.